The molecule has 2 aliphatic heterocycles. The number of aromatic amines is 1. The van der Waals surface area contributed by atoms with Crippen LogP contribution in [0.5, 0.6) is 0 Å². The summed E-state index contributed by atoms with van der Waals surface area (Å²) in [5.41, 5.74) is 5.35. The van der Waals surface area contributed by atoms with E-state index >= 15 is 0 Å². The number of aromatic nitrogens is 4. The van der Waals surface area contributed by atoms with Gasteiger partial charge in [0.15, 0.2) is 0 Å². The molecule has 4 heterocycles. The van der Waals surface area contributed by atoms with E-state index in [9.17, 15) is 24.0 Å². The Hall–Kier alpha value is -6.08. The molecule has 61 heavy (non-hydrogen) atoms. The molecule has 1 N–H and O–H groups in total. The Morgan fingerprint density at radius 3 is 1.66 bits per heavy atom. The van der Waals surface area contributed by atoms with Gasteiger partial charge < -0.3 is 17.1 Å². The van der Waals surface area contributed by atoms with Crippen LogP contribution in [0.1, 0.15) is 84.7 Å². The molecule has 0 atom stereocenters. The highest BCUT2D eigenvalue weighted by Crippen LogP contribution is 2.24. The summed E-state index contributed by atoms with van der Waals surface area (Å²) >= 11 is 11.9. The van der Waals surface area contributed by atoms with Crippen LogP contribution in [-0.4, -0.2) is 62.0 Å². The zero-order chi connectivity index (χ0) is 42.6. The van der Waals surface area contributed by atoms with Gasteiger partial charge in [0.05, 0.1) is 27.7 Å². The Morgan fingerprint density at radius 2 is 1.16 bits per heavy atom. The van der Waals surface area contributed by atoms with Gasteiger partial charge in [-0.25, -0.2) is 18.7 Å². The van der Waals surface area contributed by atoms with Crippen molar-refractivity contribution in [1.82, 2.24) is 19.4 Å². The molecule has 12 nitrogen and oxygen atoms in total. The third kappa shape index (κ3) is 10.3. The summed E-state index contributed by atoms with van der Waals surface area (Å²) in [5.74, 6) is -1.28. The monoisotopic (exact) mass is 881 g/mol. The van der Waals surface area contributed by atoms with Crippen LogP contribution in [0.2, 0.25) is 10.0 Å². The molecule has 4 aromatic carbocycles. The van der Waals surface area contributed by atoms with Gasteiger partial charge in [-0.05, 0) is 80.4 Å². The molecule has 15 heteroatoms. The number of nitrogens with one attached hydrogen (secondary N) is 1. The SMILES string of the molecule is CC(C)(C)C(=O)OC[n+]1cc(CCN2C(=O)c3ccccc3C2=O)n(Cc2ccc(Cl)cc2)c1.O=C1c2ccccc2C(=O)N1CCc1c[nH]c[n+]1Cc1ccc(Cl)cc1.[Cl-]. The van der Waals surface area contributed by atoms with E-state index in [2.05, 4.69) is 9.55 Å². The summed E-state index contributed by atoms with van der Waals surface area (Å²) in [7, 11) is 0. The fourth-order valence-corrected chi connectivity index (χ4v) is 7.24. The second kappa shape index (κ2) is 19.1. The highest BCUT2D eigenvalue weighted by Gasteiger charge is 2.36. The normalized spacial score (nSPS) is 13.1. The molecule has 4 amide bonds. The van der Waals surface area contributed by atoms with Crippen molar-refractivity contribution in [3.05, 3.63) is 177 Å². The smallest absolute Gasteiger partial charge is 0.314 e. The molecule has 314 valence electrons. The maximum absolute atomic E-state index is 12.7. The van der Waals surface area contributed by atoms with Gasteiger partial charge in [-0.3, -0.25) is 33.8 Å². The summed E-state index contributed by atoms with van der Waals surface area (Å²) in [6.07, 6.45) is 8.56. The number of fused-ring (bicyclic) bond motifs is 2. The molecule has 0 bridgehead atoms. The van der Waals surface area contributed by atoms with Crippen LogP contribution in [0.15, 0.2) is 122 Å². The van der Waals surface area contributed by atoms with E-state index in [0.717, 1.165) is 22.5 Å². The summed E-state index contributed by atoms with van der Waals surface area (Å²) in [6, 6.07) is 29.1. The van der Waals surface area contributed by atoms with Crippen molar-refractivity contribution in [1.29, 1.82) is 0 Å². The van der Waals surface area contributed by atoms with Gasteiger partial charge in [0.1, 0.15) is 36.9 Å². The molecule has 0 saturated carbocycles. The molecule has 0 saturated heterocycles. The minimum atomic E-state index is -0.596. The summed E-state index contributed by atoms with van der Waals surface area (Å²) in [6.45, 7) is 7.35. The first-order valence-corrected chi connectivity index (χ1v) is 20.2. The average Bonchev–Trinajstić information content (AvgIpc) is 3.97. The first-order chi connectivity index (χ1) is 28.8. The van der Waals surface area contributed by atoms with Gasteiger partial charge in [0.25, 0.3) is 23.6 Å². The zero-order valence-electron chi connectivity index (χ0n) is 33.8. The number of rotatable bonds is 12. The lowest BCUT2D eigenvalue weighted by molar-refractivity contribution is -0.727. The number of halogens is 3. The fraction of sp³-hybridized carbons (Fsp3) is 0.239. The van der Waals surface area contributed by atoms with Crippen molar-refractivity contribution in [2.45, 2.75) is 53.4 Å². The topological polar surface area (TPSA) is 130 Å². The van der Waals surface area contributed by atoms with E-state index in [1.54, 1.807) is 73.9 Å². The Bertz CT molecular complexity index is 2510. The van der Waals surface area contributed by atoms with Gasteiger partial charge in [0, 0.05) is 36.0 Å². The zero-order valence-corrected chi connectivity index (χ0v) is 36.1. The summed E-state index contributed by atoms with van der Waals surface area (Å²) < 4.78 is 11.3. The molecule has 0 fully saturated rings. The van der Waals surface area contributed by atoms with Crippen molar-refractivity contribution in [3.8, 4) is 0 Å². The number of nitrogens with zero attached hydrogens (tertiary/aromatic N) is 5. The van der Waals surface area contributed by atoms with Crippen molar-refractivity contribution in [3.63, 3.8) is 0 Å². The first kappa shape index (κ1) is 44.5. The van der Waals surface area contributed by atoms with Crippen molar-refractivity contribution in [2.75, 3.05) is 13.1 Å². The predicted molar refractivity (Wildman–Crippen MR) is 223 cm³/mol. The van der Waals surface area contributed by atoms with Gasteiger partial charge in [-0.15, -0.1) is 0 Å². The highest BCUT2D eigenvalue weighted by molar-refractivity contribution is 6.30. The standard InChI is InChI=1S/C26H27ClN3O4.C20H16ClN3O2.ClH/c1-26(2,3)25(33)34-17-28-15-20(29(16-28)14-18-8-10-19(27)11-9-18)12-13-30-23(31)21-6-4-5-7-22(21)24(30)32;21-15-7-5-14(6-8-15)12-23-13-22-11-16(23)9-10-24-19(25)17-3-1-2-4-18(17)20(24)26;/h4-11,15-16H,12-14,17H2,1-3H3;1-8,11,13H,9-10,12H2;1H/q+1;;. The average molecular weight is 883 g/mol. The minimum absolute atomic E-state index is 0. The van der Waals surface area contributed by atoms with Crippen LogP contribution in [0, 0.1) is 5.41 Å². The second-order valence-corrected chi connectivity index (χ2v) is 16.5. The van der Waals surface area contributed by atoms with Crippen molar-refractivity contribution >= 4 is 52.8 Å². The molecular formula is C46H44Cl3N6O6+. The van der Waals surface area contributed by atoms with E-state index in [4.69, 9.17) is 27.9 Å². The van der Waals surface area contributed by atoms with Crippen molar-refractivity contribution < 1.29 is 50.3 Å². The number of carbonyl (C=O) groups excluding carboxylic acids is 5. The second-order valence-electron chi connectivity index (χ2n) is 15.6. The lowest BCUT2D eigenvalue weighted by Gasteiger charge is -2.15. The Balaban J connectivity index is 0.000000207. The van der Waals surface area contributed by atoms with Crippen LogP contribution in [0.25, 0.3) is 0 Å². The Morgan fingerprint density at radius 1 is 0.689 bits per heavy atom. The van der Waals surface area contributed by atoms with Crippen LogP contribution in [0.4, 0.5) is 0 Å². The number of hydrogen-bond donors (Lipinski definition) is 1. The molecule has 2 aromatic heterocycles. The quantitative estimate of drug-likeness (QED) is 0.114. The number of esters is 1. The maximum Gasteiger partial charge on any atom is 0.314 e. The predicted octanol–water partition coefficient (Wildman–Crippen LogP) is 3.71. The van der Waals surface area contributed by atoms with E-state index in [1.807, 2.05) is 78.1 Å². The Kier molecular flexibility index (Phi) is 13.9. The van der Waals surface area contributed by atoms with Crippen molar-refractivity contribution in [2.24, 2.45) is 5.41 Å². The number of imide groups is 2. The number of H-pyrrole nitrogens is 1. The molecule has 2 aliphatic rings. The van der Waals surface area contributed by atoms with Gasteiger partial charge in [0.2, 0.25) is 19.4 Å². The van der Waals surface area contributed by atoms with E-state index in [0.29, 0.717) is 64.8 Å². The van der Waals surface area contributed by atoms with Crippen LogP contribution < -0.4 is 21.5 Å². The molecule has 0 radical (unpaired) electrons. The Labute approximate surface area is 369 Å². The molecule has 0 unspecified atom stereocenters. The van der Waals surface area contributed by atoms with Gasteiger partial charge in [-0.1, -0.05) is 71.7 Å². The van der Waals surface area contributed by atoms with Gasteiger partial charge in [-0.2, -0.15) is 0 Å². The van der Waals surface area contributed by atoms with Crippen LogP contribution in [0.3, 0.4) is 0 Å². The lowest BCUT2D eigenvalue weighted by atomic mass is 9.98. The van der Waals surface area contributed by atoms with E-state index in [1.165, 1.54) is 9.80 Å². The molecule has 6 aromatic rings. The molecular weight excluding hydrogens is 839 g/mol. The fourth-order valence-electron chi connectivity index (χ4n) is 6.99. The third-order valence-corrected chi connectivity index (χ3v) is 10.8. The summed E-state index contributed by atoms with van der Waals surface area (Å²) in [5, 5.41) is 1.37. The molecule has 8 rings (SSSR count). The molecule has 0 spiro atoms. The first-order valence-electron chi connectivity index (χ1n) is 19.5. The maximum atomic E-state index is 12.7. The van der Waals surface area contributed by atoms with Crippen LogP contribution in [-0.2, 0) is 42.2 Å². The van der Waals surface area contributed by atoms with E-state index < -0.39 is 5.41 Å². The largest absolute Gasteiger partial charge is 1.00 e. The van der Waals surface area contributed by atoms with Crippen LogP contribution >= 0.6 is 23.2 Å². The number of ether oxygens (including phenoxy) is 1. The summed E-state index contributed by atoms with van der Waals surface area (Å²) in [4.78, 5) is 68.3. The number of imidazole rings is 2. The number of carbonyl (C=O) groups is 5. The minimum Gasteiger partial charge on any atom is -1.00 e. The highest BCUT2D eigenvalue weighted by atomic mass is 35.5. The number of amides is 4. The lowest BCUT2D eigenvalue weighted by Crippen LogP contribution is -3.00. The number of hydrogen-bond acceptors (Lipinski definition) is 6. The van der Waals surface area contributed by atoms with Gasteiger partial charge >= 0.3 is 5.97 Å². The number of benzene rings is 4. The molecule has 0 aliphatic carbocycles. The third-order valence-electron chi connectivity index (χ3n) is 10.2. The van der Waals surface area contributed by atoms with E-state index in [-0.39, 0.29) is 55.3 Å².